The van der Waals surface area contributed by atoms with Crippen LogP contribution < -0.4 is 9.64 Å². The van der Waals surface area contributed by atoms with Crippen LogP contribution in [0.1, 0.15) is 0 Å². The number of ether oxygens (including phenoxy) is 3. The molecule has 1 aromatic carbocycles. The number of hydrogen-bond donors (Lipinski definition) is 0. The Bertz CT molecular complexity index is 298. The highest BCUT2D eigenvalue weighted by molar-refractivity contribution is 5.47. The molecule has 0 amide bonds. The topological polar surface area (TPSA) is 30.9 Å². The molecule has 0 heterocycles. The summed E-state index contributed by atoms with van der Waals surface area (Å²) < 4.78 is 15.7. The van der Waals surface area contributed by atoms with Crippen LogP contribution in [0.4, 0.5) is 5.69 Å². The molecular formula is C13H21NO3. The summed E-state index contributed by atoms with van der Waals surface area (Å²) in [6.07, 6.45) is 0. The van der Waals surface area contributed by atoms with Gasteiger partial charge in [0.05, 0.1) is 19.8 Å². The third kappa shape index (κ3) is 5.56. The molecule has 1 aromatic rings. The van der Waals surface area contributed by atoms with Crippen molar-refractivity contribution in [2.75, 3.05) is 52.5 Å². The Morgan fingerprint density at radius 3 is 2.18 bits per heavy atom. The summed E-state index contributed by atoms with van der Waals surface area (Å²) >= 11 is 0. The average Bonchev–Trinajstić information content (AvgIpc) is 2.34. The second-order valence-electron chi connectivity index (χ2n) is 3.84. The number of hydrogen-bond acceptors (Lipinski definition) is 4. The van der Waals surface area contributed by atoms with Gasteiger partial charge in [-0.05, 0) is 24.3 Å². The van der Waals surface area contributed by atoms with Crippen molar-refractivity contribution in [3.63, 3.8) is 0 Å². The van der Waals surface area contributed by atoms with E-state index in [2.05, 4.69) is 4.90 Å². The SMILES string of the molecule is COCCOCCOc1ccc(N(C)C)cc1. The average molecular weight is 239 g/mol. The van der Waals surface area contributed by atoms with Gasteiger partial charge >= 0.3 is 0 Å². The predicted octanol–water partition coefficient (Wildman–Crippen LogP) is 1.79. The molecule has 0 aliphatic carbocycles. The van der Waals surface area contributed by atoms with Crippen LogP contribution in [-0.4, -0.2) is 47.6 Å². The Kier molecular flexibility index (Phi) is 6.43. The van der Waals surface area contributed by atoms with E-state index < -0.39 is 0 Å². The lowest BCUT2D eigenvalue weighted by Crippen LogP contribution is -2.10. The van der Waals surface area contributed by atoms with Gasteiger partial charge in [0, 0.05) is 26.9 Å². The molecule has 0 spiro atoms. The van der Waals surface area contributed by atoms with Gasteiger partial charge < -0.3 is 19.1 Å². The lowest BCUT2D eigenvalue weighted by Gasteiger charge is -2.13. The van der Waals surface area contributed by atoms with Crippen molar-refractivity contribution in [2.45, 2.75) is 0 Å². The van der Waals surface area contributed by atoms with Crippen molar-refractivity contribution in [3.8, 4) is 5.75 Å². The normalized spacial score (nSPS) is 10.3. The van der Waals surface area contributed by atoms with E-state index in [1.54, 1.807) is 7.11 Å². The van der Waals surface area contributed by atoms with Gasteiger partial charge in [0.2, 0.25) is 0 Å². The molecule has 0 N–H and O–H groups in total. The van der Waals surface area contributed by atoms with Gasteiger partial charge in [-0.2, -0.15) is 0 Å². The maximum atomic E-state index is 5.54. The van der Waals surface area contributed by atoms with Gasteiger partial charge in [0.25, 0.3) is 0 Å². The van der Waals surface area contributed by atoms with Crippen LogP contribution in [0.15, 0.2) is 24.3 Å². The number of methoxy groups -OCH3 is 1. The first-order valence-electron chi connectivity index (χ1n) is 5.71. The second kappa shape index (κ2) is 7.92. The van der Waals surface area contributed by atoms with Gasteiger partial charge in [-0.1, -0.05) is 0 Å². The van der Waals surface area contributed by atoms with Crippen molar-refractivity contribution in [1.29, 1.82) is 0 Å². The van der Waals surface area contributed by atoms with Crippen molar-refractivity contribution in [1.82, 2.24) is 0 Å². The minimum absolute atomic E-state index is 0.561. The molecule has 0 aliphatic heterocycles. The van der Waals surface area contributed by atoms with E-state index in [1.165, 1.54) is 0 Å². The number of rotatable bonds is 8. The monoisotopic (exact) mass is 239 g/mol. The zero-order chi connectivity index (χ0) is 12.5. The summed E-state index contributed by atoms with van der Waals surface area (Å²) in [5.74, 6) is 0.867. The molecule has 17 heavy (non-hydrogen) atoms. The molecular weight excluding hydrogens is 218 g/mol. The Labute approximate surface area is 103 Å². The first kappa shape index (κ1) is 13.8. The fraction of sp³-hybridized carbons (Fsp3) is 0.538. The first-order chi connectivity index (χ1) is 8.24. The summed E-state index contributed by atoms with van der Waals surface area (Å²) in [5, 5.41) is 0. The van der Waals surface area contributed by atoms with Gasteiger partial charge in [-0.15, -0.1) is 0 Å². The highest BCUT2D eigenvalue weighted by atomic mass is 16.5. The number of nitrogens with zero attached hydrogens (tertiary/aromatic N) is 1. The quantitative estimate of drug-likeness (QED) is 0.647. The van der Waals surface area contributed by atoms with E-state index in [0.717, 1.165) is 11.4 Å². The molecule has 0 unspecified atom stereocenters. The first-order valence-corrected chi connectivity index (χ1v) is 5.71. The molecule has 4 heteroatoms. The van der Waals surface area contributed by atoms with Crippen LogP contribution >= 0.6 is 0 Å². The van der Waals surface area contributed by atoms with Crippen molar-refractivity contribution in [2.24, 2.45) is 0 Å². The van der Waals surface area contributed by atoms with Crippen LogP contribution in [-0.2, 0) is 9.47 Å². The van der Waals surface area contributed by atoms with Crippen LogP contribution in [0.5, 0.6) is 5.75 Å². The van der Waals surface area contributed by atoms with Crippen LogP contribution in [0.3, 0.4) is 0 Å². The molecule has 0 atom stereocenters. The summed E-state index contributed by atoms with van der Waals surface area (Å²) in [6, 6.07) is 7.98. The Balaban J connectivity index is 2.19. The maximum Gasteiger partial charge on any atom is 0.119 e. The minimum Gasteiger partial charge on any atom is -0.491 e. The standard InChI is InChI=1S/C13H21NO3/c1-14(2)12-4-6-13(7-5-12)17-11-10-16-9-8-15-3/h4-7H,8-11H2,1-3H3. The molecule has 0 saturated carbocycles. The third-order valence-electron chi connectivity index (χ3n) is 2.28. The summed E-state index contributed by atoms with van der Waals surface area (Å²) in [4.78, 5) is 2.05. The van der Waals surface area contributed by atoms with E-state index in [1.807, 2.05) is 38.4 Å². The molecule has 0 aromatic heterocycles. The molecule has 1 rings (SSSR count). The third-order valence-corrected chi connectivity index (χ3v) is 2.28. The van der Waals surface area contributed by atoms with Crippen LogP contribution in [0, 0.1) is 0 Å². The Hall–Kier alpha value is -1.26. The highest BCUT2D eigenvalue weighted by Crippen LogP contribution is 2.17. The van der Waals surface area contributed by atoms with Crippen molar-refractivity contribution >= 4 is 5.69 Å². The van der Waals surface area contributed by atoms with E-state index in [4.69, 9.17) is 14.2 Å². The fourth-order valence-electron chi connectivity index (χ4n) is 1.30. The summed E-state index contributed by atoms with van der Waals surface area (Å²) in [5.41, 5.74) is 1.16. The zero-order valence-corrected chi connectivity index (χ0v) is 10.8. The van der Waals surface area contributed by atoms with Crippen molar-refractivity contribution < 1.29 is 14.2 Å². The Morgan fingerprint density at radius 2 is 1.59 bits per heavy atom. The van der Waals surface area contributed by atoms with Crippen molar-refractivity contribution in [3.05, 3.63) is 24.3 Å². The lowest BCUT2D eigenvalue weighted by molar-refractivity contribution is 0.0544. The number of anilines is 1. The molecule has 0 fully saturated rings. The Morgan fingerprint density at radius 1 is 0.941 bits per heavy atom. The van der Waals surface area contributed by atoms with E-state index in [9.17, 15) is 0 Å². The van der Waals surface area contributed by atoms with Gasteiger partial charge in [-0.25, -0.2) is 0 Å². The lowest BCUT2D eigenvalue weighted by atomic mass is 10.3. The minimum atomic E-state index is 0.561. The van der Waals surface area contributed by atoms with Gasteiger partial charge in [0.1, 0.15) is 12.4 Å². The number of benzene rings is 1. The molecule has 0 saturated heterocycles. The van der Waals surface area contributed by atoms with Gasteiger partial charge in [0.15, 0.2) is 0 Å². The van der Waals surface area contributed by atoms with Crippen LogP contribution in [0.25, 0.3) is 0 Å². The molecule has 0 aliphatic rings. The highest BCUT2D eigenvalue weighted by Gasteiger charge is 1.96. The molecule has 0 bridgehead atoms. The van der Waals surface area contributed by atoms with Gasteiger partial charge in [-0.3, -0.25) is 0 Å². The second-order valence-corrected chi connectivity index (χ2v) is 3.84. The maximum absolute atomic E-state index is 5.54. The predicted molar refractivity (Wildman–Crippen MR) is 69.0 cm³/mol. The van der Waals surface area contributed by atoms with E-state index in [-0.39, 0.29) is 0 Å². The summed E-state index contributed by atoms with van der Waals surface area (Å²) in [7, 11) is 5.69. The van der Waals surface area contributed by atoms with Crippen LogP contribution in [0.2, 0.25) is 0 Å². The molecule has 4 nitrogen and oxygen atoms in total. The summed E-state index contributed by atoms with van der Waals surface area (Å²) in [6.45, 7) is 2.38. The van der Waals surface area contributed by atoms with E-state index in [0.29, 0.717) is 26.4 Å². The molecule has 96 valence electrons. The smallest absolute Gasteiger partial charge is 0.119 e. The fourth-order valence-corrected chi connectivity index (χ4v) is 1.30. The zero-order valence-electron chi connectivity index (χ0n) is 10.8. The molecule has 0 radical (unpaired) electrons. The largest absolute Gasteiger partial charge is 0.491 e. The van der Waals surface area contributed by atoms with E-state index >= 15 is 0 Å².